The van der Waals surface area contributed by atoms with Crippen LogP contribution < -0.4 is 11.1 Å². The number of nitrogens with two attached hydrogens (primary N) is 1. The summed E-state index contributed by atoms with van der Waals surface area (Å²) in [4.78, 5) is 10.9. The molecule has 78 valence electrons. The van der Waals surface area contributed by atoms with E-state index in [2.05, 4.69) is 10.2 Å². The Hall–Kier alpha value is -1.15. The van der Waals surface area contributed by atoms with Gasteiger partial charge in [0.2, 0.25) is 5.13 Å². The summed E-state index contributed by atoms with van der Waals surface area (Å²) >= 11 is 1.01. The molecule has 1 heterocycles. The summed E-state index contributed by atoms with van der Waals surface area (Å²) in [6, 6.07) is 0. The van der Waals surface area contributed by atoms with Crippen LogP contribution in [0.2, 0.25) is 0 Å². The van der Waals surface area contributed by atoms with Gasteiger partial charge in [0.15, 0.2) is 0 Å². The van der Waals surface area contributed by atoms with E-state index in [1.54, 1.807) is 6.92 Å². The number of nitrogens with zero attached hydrogens (tertiary/aromatic N) is 2. The van der Waals surface area contributed by atoms with Crippen molar-refractivity contribution >= 4 is 22.4 Å². The molecule has 0 aliphatic rings. The van der Waals surface area contributed by atoms with Crippen LogP contribution in [0.25, 0.3) is 0 Å². The summed E-state index contributed by atoms with van der Waals surface area (Å²) in [7, 11) is 0. The Labute approximate surface area is 82.3 Å². The largest absolute Gasteiger partial charge is 0.336 e. The van der Waals surface area contributed by atoms with Crippen molar-refractivity contribution in [2.75, 3.05) is 11.9 Å². The van der Waals surface area contributed by atoms with E-state index >= 15 is 0 Å². The predicted molar refractivity (Wildman–Crippen MR) is 47.3 cm³/mol. The summed E-state index contributed by atoms with van der Waals surface area (Å²) in [5, 5.41) is 9.57. The Morgan fingerprint density at radius 1 is 1.64 bits per heavy atom. The van der Waals surface area contributed by atoms with Gasteiger partial charge in [0.05, 0.1) is 6.54 Å². The van der Waals surface area contributed by atoms with Gasteiger partial charge >= 0.3 is 5.92 Å². The average Bonchev–Trinajstić information content (AvgIpc) is 2.51. The van der Waals surface area contributed by atoms with Gasteiger partial charge in [-0.2, -0.15) is 8.78 Å². The summed E-state index contributed by atoms with van der Waals surface area (Å²) < 4.78 is 25.3. The molecular weight excluding hydrogens is 214 g/mol. The number of carbonyl (C=O) groups excluding carboxylic acids is 1. The minimum atomic E-state index is -3.57. The second-order valence-corrected chi connectivity index (χ2v) is 3.67. The van der Waals surface area contributed by atoms with Gasteiger partial charge in [-0.15, -0.1) is 10.2 Å². The fourth-order valence-corrected chi connectivity index (χ4v) is 1.22. The number of amides is 1. The SMILES string of the molecule is Cc1nnc(NC(=O)C(F)(F)CN)s1. The lowest BCUT2D eigenvalue weighted by Gasteiger charge is -2.11. The molecule has 1 aromatic rings. The number of aromatic nitrogens is 2. The number of nitrogens with one attached hydrogen (secondary N) is 1. The van der Waals surface area contributed by atoms with Crippen LogP contribution in [0.5, 0.6) is 0 Å². The fourth-order valence-electron chi connectivity index (χ4n) is 0.628. The average molecular weight is 222 g/mol. The van der Waals surface area contributed by atoms with E-state index in [-0.39, 0.29) is 5.13 Å². The maximum absolute atomic E-state index is 12.7. The highest BCUT2D eigenvalue weighted by Crippen LogP contribution is 2.18. The molecule has 0 spiro atoms. The molecule has 3 N–H and O–H groups in total. The number of rotatable bonds is 3. The van der Waals surface area contributed by atoms with Gasteiger partial charge in [0, 0.05) is 0 Å². The molecule has 0 bridgehead atoms. The third kappa shape index (κ3) is 2.42. The van der Waals surface area contributed by atoms with Crippen molar-refractivity contribution in [3.8, 4) is 0 Å². The second-order valence-electron chi connectivity index (χ2n) is 2.49. The zero-order valence-electron chi connectivity index (χ0n) is 7.25. The standard InChI is InChI=1S/C6H8F2N4OS/c1-3-11-12-5(14-3)10-4(13)6(7,8)2-9/h2,9H2,1H3,(H,10,12,13). The highest BCUT2D eigenvalue weighted by Gasteiger charge is 2.37. The molecule has 0 atom stereocenters. The van der Waals surface area contributed by atoms with Gasteiger partial charge in [-0.3, -0.25) is 10.1 Å². The number of anilines is 1. The minimum Gasteiger partial charge on any atom is -0.325 e. The summed E-state index contributed by atoms with van der Waals surface area (Å²) in [6.45, 7) is 0.616. The number of hydrogen-bond acceptors (Lipinski definition) is 5. The molecule has 5 nitrogen and oxygen atoms in total. The summed E-state index contributed by atoms with van der Waals surface area (Å²) in [6.07, 6.45) is 0. The van der Waals surface area contributed by atoms with Gasteiger partial charge in [0.1, 0.15) is 5.01 Å². The van der Waals surface area contributed by atoms with Gasteiger partial charge < -0.3 is 5.73 Å². The molecule has 1 amide bonds. The maximum atomic E-state index is 12.7. The van der Waals surface area contributed by atoms with E-state index in [9.17, 15) is 13.6 Å². The van der Waals surface area contributed by atoms with Gasteiger partial charge in [-0.25, -0.2) is 0 Å². The van der Waals surface area contributed by atoms with Crippen LogP contribution >= 0.6 is 11.3 Å². The molecule has 0 saturated heterocycles. The van der Waals surface area contributed by atoms with Crippen molar-refractivity contribution in [2.24, 2.45) is 5.73 Å². The first kappa shape index (κ1) is 10.9. The number of hydrogen-bond donors (Lipinski definition) is 2. The van der Waals surface area contributed by atoms with Crippen LogP contribution in [-0.2, 0) is 4.79 Å². The van der Waals surface area contributed by atoms with Gasteiger partial charge in [-0.1, -0.05) is 11.3 Å². The lowest BCUT2D eigenvalue weighted by Crippen LogP contribution is -2.41. The molecule has 0 unspecified atom stereocenters. The van der Waals surface area contributed by atoms with E-state index < -0.39 is 18.4 Å². The van der Waals surface area contributed by atoms with E-state index in [0.29, 0.717) is 5.01 Å². The predicted octanol–water partition coefficient (Wildman–Crippen LogP) is 0.379. The third-order valence-corrected chi connectivity index (χ3v) is 2.09. The minimum absolute atomic E-state index is 0.0422. The monoisotopic (exact) mass is 222 g/mol. The first-order valence-corrected chi connectivity index (χ1v) is 4.47. The Kier molecular flexibility index (Phi) is 3.06. The zero-order chi connectivity index (χ0) is 10.8. The molecule has 0 aromatic carbocycles. The van der Waals surface area contributed by atoms with Crippen LogP contribution in [0.4, 0.5) is 13.9 Å². The molecule has 0 fully saturated rings. The Morgan fingerprint density at radius 3 is 2.71 bits per heavy atom. The lowest BCUT2D eigenvalue weighted by molar-refractivity contribution is -0.138. The molecule has 8 heteroatoms. The maximum Gasteiger partial charge on any atom is 0.336 e. The molecule has 0 aliphatic carbocycles. The molecule has 0 aliphatic heterocycles. The molecular formula is C6H8F2N4OS. The van der Waals surface area contributed by atoms with E-state index in [0.717, 1.165) is 11.3 Å². The molecule has 1 rings (SSSR count). The smallest absolute Gasteiger partial charge is 0.325 e. The van der Waals surface area contributed by atoms with Crippen molar-refractivity contribution in [3.63, 3.8) is 0 Å². The van der Waals surface area contributed by atoms with Gasteiger partial charge in [-0.05, 0) is 6.92 Å². The van der Waals surface area contributed by atoms with Crippen molar-refractivity contribution in [1.29, 1.82) is 0 Å². The molecule has 1 aromatic heterocycles. The van der Waals surface area contributed by atoms with Crippen molar-refractivity contribution in [1.82, 2.24) is 10.2 Å². The quantitative estimate of drug-likeness (QED) is 0.774. The third-order valence-electron chi connectivity index (χ3n) is 1.34. The topological polar surface area (TPSA) is 80.9 Å². The number of halogens is 2. The van der Waals surface area contributed by atoms with Crippen molar-refractivity contribution in [2.45, 2.75) is 12.8 Å². The van der Waals surface area contributed by atoms with E-state index in [1.807, 2.05) is 5.32 Å². The number of carbonyl (C=O) groups is 1. The number of aryl methyl sites for hydroxylation is 1. The van der Waals surface area contributed by atoms with Crippen LogP contribution in [0.15, 0.2) is 0 Å². The summed E-state index contributed by atoms with van der Waals surface area (Å²) in [5.41, 5.74) is 4.72. The first-order chi connectivity index (χ1) is 6.45. The van der Waals surface area contributed by atoms with Crippen LogP contribution in [0, 0.1) is 6.92 Å². The first-order valence-electron chi connectivity index (χ1n) is 3.65. The summed E-state index contributed by atoms with van der Waals surface area (Å²) in [5.74, 6) is -5.03. The van der Waals surface area contributed by atoms with Gasteiger partial charge in [0.25, 0.3) is 5.91 Å². The Balaban J connectivity index is 2.66. The highest BCUT2D eigenvalue weighted by molar-refractivity contribution is 7.15. The molecule has 0 radical (unpaired) electrons. The lowest BCUT2D eigenvalue weighted by atomic mass is 10.3. The van der Waals surface area contributed by atoms with E-state index in [4.69, 9.17) is 5.73 Å². The van der Waals surface area contributed by atoms with Crippen molar-refractivity contribution in [3.05, 3.63) is 5.01 Å². The molecule has 14 heavy (non-hydrogen) atoms. The molecule has 0 saturated carbocycles. The Bertz CT molecular complexity index is 340. The van der Waals surface area contributed by atoms with E-state index in [1.165, 1.54) is 0 Å². The van der Waals surface area contributed by atoms with Crippen molar-refractivity contribution < 1.29 is 13.6 Å². The number of alkyl halides is 2. The zero-order valence-corrected chi connectivity index (χ0v) is 8.07. The fraction of sp³-hybridized carbons (Fsp3) is 0.500. The normalized spacial score (nSPS) is 11.4. The second kappa shape index (κ2) is 3.93. The van der Waals surface area contributed by atoms with Crippen LogP contribution in [0.3, 0.4) is 0 Å². The highest BCUT2D eigenvalue weighted by atomic mass is 32.1. The Morgan fingerprint density at radius 2 is 2.29 bits per heavy atom. The van der Waals surface area contributed by atoms with Crippen LogP contribution in [-0.4, -0.2) is 28.6 Å². The van der Waals surface area contributed by atoms with Crippen LogP contribution in [0.1, 0.15) is 5.01 Å².